The molecule has 17 heavy (non-hydrogen) atoms. The lowest BCUT2D eigenvalue weighted by Gasteiger charge is -2.10. The highest BCUT2D eigenvalue weighted by atomic mass is 19.4. The lowest BCUT2D eigenvalue weighted by molar-refractivity contribution is -0.141. The summed E-state index contributed by atoms with van der Waals surface area (Å²) in [7, 11) is 0. The molecule has 0 bridgehead atoms. The largest absolute Gasteiger partial charge is 0.433 e. The predicted octanol–water partition coefficient (Wildman–Crippen LogP) is 1.14. The van der Waals surface area contributed by atoms with E-state index in [0.717, 1.165) is 10.7 Å². The van der Waals surface area contributed by atoms with Crippen LogP contribution in [0.25, 0.3) is 5.82 Å². The highest BCUT2D eigenvalue weighted by molar-refractivity contribution is 5.34. The first kappa shape index (κ1) is 11.5. The summed E-state index contributed by atoms with van der Waals surface area (Å²) in [4.78, 5) is 7.17. The Kier molecular flexibility index (Phi) is 2.80. The molecule has 2 aromatic heterocycles. The van der Waals surface area contributed by atoms with Gasteiger partial charge in [-0.1, -0.05) is 6.07 Å². The van der Waals surface area contributed by atoms with Gasteiger partial charge in [0.25, 0.3) is 0 Å². The molecule has 0 fully saturated rings. The first-order valence-corrected chi connectivity index (χ1v) is 4.64. The van der Waals surface area contributed by atoms with Gasteiger partial charge < -0.3 is 5.73 Å². The molecule has 0 amide bonds. The Morgan fingerprint density at radius 3 is 2.59 bits per heavy atom. The third-order valence-electron chi connectivity index (χ3n) is 2.10. The second-order valence-electron chi connectivity index (χ2n) is 3.22. The topological polar surface area (TPSA) is 69.6 Å². The Morgan fingerprint density at radius 2 is 2.06 bits per heavy atom. The molecular weight excluding hydrogens is 235 g/mol. The van der Waals surface area contributed by atoms with E-state index in [1.807, 2.05) is 0 Å². The van der Waals surface area contributed by atoms with Gasteiger partial charge in [-0.05, 0) is 6.07 Å². The van der Waals surface area contributed by atoms with E-state index in [4.69, 9.17) is 5.73 Å². The monoisotopic (exact) mass is 243 g/mol. The van der Waals surface area contributed by atoms with E-state index < -0.39 is 11.9 Å². The molecule has 0 unspecified atom stereocenters. The zero-order chi connectivity index (χ0) is 12.5. The summed E-state index contributed by atoms with van der Waals surface area (Å²) in [6.45, 7) is 0.0698. The van der Waals surface area contributed by atoms with Crippen molar-refractivity contribution in [3.8, 4) is 5.82 Å². The van der Waals surface area contributed by atoms with Crippen LogP contribution in [0.5, 0.6) is 0 Å². The molecule has 2 N–H and O–H groups in total. The van der Waals surface area contributed by atoms with Crippen LogP contribution < -0.4 is 5.73 Å². The van der Waals surface area contributed by atoms with Crippen LogP contribution in [-0.4, -0.2) is 19.7 Å². The smallest absolute Gasteiger partial charge is 0.326 e. The Balaban J connectivity index is 2.55. The predicted molar refractivity (Wildman–Crippen MR) is 52.0 cm³/mol. The van der Waals surface area contributed by atoms with Gasteiger partial charge in [-0.15, -0.1) is 0 Å². The SMILES string of the molecule is NCc1ccc(C(F)(F)F)nc1-n1cncn1. The van der Waals surface area contributed by atoms with Gasteiger partial charge in [-0.25, -0.2) is 14.6 Å². The van der Waals surface area contributed by atoms with E-state index in [9.17, 15) is 13.2 Å². The molecule has 0 aromatic carbocycles. The molecule has 0 spiro atoms. The van der Waals surface area contributed by atoms with Gasteiger partial charge in [0.15, 0.2) is 5.82 Å². The van der Waals surface area contributed by atoms with E-state index in [1.54, 1.807) is 0 Å². The van der Waals surface area contributed by atoms with Crippen LogP contribution >= 0.6 is 0 Å². The fourth-order valence-corrected chi connectivity index (χ4v) is 1.31. The van der Waals surface area contributed by atoms with Crippen LogP contribution in [0.2, 0.25) is 0 Å². The lowest BCUT2D eigenvalue weighted by Crippen LogP contribution is -2.14. The zero-order valence-electron chi connectivity index (χ0n) is 8.52. The maximum Gasteiger partial charge on any atom is 0.433 e. The van der Waals surface area contributed by atoms with Crippen LogP contribution in [0.1, 0.15) is 11.3 Å². The molecule has 0 aliphatic heterocycles. The highest BCUT2D eigenvalue weighted by Crippen LogP contribution is 2.28. The second kappa shape index (κ2) is 4.13. The van der Waals surface area contributed by atoms with Gasteiger partial charge >= 0.3 is 6.18 Å². The number of nitrogens with two attached hydrogens (primary N) is 1. The van der Waals surface area contributed by atoms with Crippen LogP contribution in [-0.2, 0) is 12.7 Å². The Bertz CT molecular complexity index is 506. The molecule has 5 nitrogen and oxygen atoms in total. The lowest BCUT2D eigenvalue weighted by atomic mass is 10.2. The summed E-state index contributed by atoms with van der Waals surface area (Å²) in [6, 6.07) is 2.18. The molecule has 0 aliphatic rings. The van der Waals surface area contributed by atoms with E-state index in [-0.39, 0.29) is 12.4 Å². The van der Waals surface area contributed by atoms with Gasteiger partial charge in [0, 0.05) is 12.1 Å². The van der Waals surface area contributed by atoms with Crippen LogP contribution in [0, 0.1) is 0 Å². The molecule has 0 atom stereocenters. The van der Waals surface area contributed by atoms with Crippen molar-refractivity contribution in [3.63, 3.8) is 0 Å². The van der Waals surface area contributed by atoms with Gasteiger partial charge in [0.1, 0.15) is 18.3 Å². The van der Waals surface area contributed by atoms with Crippen molar-refractivity contribution in [2.45, 2.75) is 12.7 Å². The number of rotatable bonds is 2. The standard InChI is InChI=1S/C9H8F3N5/c10-9(11,12)7-2-1-6(3-13)8(16-7)17-5-14-4-15-17/h1-2,4-5H,3,13H2. The number of alkyl halides is 3. The van der Waals surface area contributed by atoms with Crippen LogP contribution in [0.15, 0.2) is 24.8 Å². The average Bonchev–Trinajstić information content (AvgIpc) is 2.80. The van der Waals surface area contributed by atoms with Gasteiger partial charge in [-0.2, -0.15) is 18.3 Å². The molecule has 2 rings (SSSR count). The van der Waals surface area contributed by atoms with E-state index >= 15 is 0 Å². The second-order valence-corrected chi connectivity index (χ2v) is 3.22. The number of halogens is 3. The van der Waals surface area contributed by atoms with Crippen molar-refractivity contribution in [2.24, 2.45) is 5.73 Å². The minimum Gasteiger partial charge on any atom is -0.326 e. The summed E-state index contributed by atoms with van der Waals surface area (Å²) in [6.07, 6.45) is -2.02. The Morgan fingerprint density at radius 1 is 1.29 bits per heavy atom. The number of hydrogen-bond acceptors (Lipinski definition) is 4. The highest BCUT2D eigenvalue weighted by Gasteiger charge is 2.33. The van der Waals surface area contributed by atoms with E-state index in [2.05, 4.69) is 15.1 Å². The molecule has 90 valence electrons. The molecule has 0 saturated heterocycles. The molecular formula is C9H8F3N5. The zero-order valence-corrected chi connectivity index (χ0v) is 8.52. The summed E-state index contributed by atoms with van der Waals surface area (Å²) in [5, 5.41) is 3.74. The van der Waals surface area contributed by atoms with Crippen LogP contribution in [0.4, 0.5) is 13.2 Å². The Labute approximate surface area is 94.1 Å². The maximum absolute atomic E-state index is 12.5. The molecule has 2 heterocycles. The summed E-state index contributed by atoms with van der Waals surface area (Å²) >= 11 is 0. The molecule has 2 aromatic rings. The minimum atomic E-state index is -4.50. The number of pyridine rings is 1. The minimum absolute atomic E-state index is 0.0415. The molecule has 0 aliphatic carbocycles. The number of hydrogen-bond donors (Lipinski definition) is 1. The maximum atomic E-state index is 12.5. The summed E-state index contributed by atoms with van der Waals surface area (Å²) in [5.74, 6) is 0.0415. The quantitative estimate of drug-likeness (QED) is 0.858. The third-order valence-corrected chi connectivity index (χ3v) is 2.10. The number of nitrogens with zero attached hydrogens (tertiary/aromatic N) is 4. The van der Waals surface area contributed by atoms with Crippen molar-refractivity contribution < 1.29 is 13.2 Å². The molecule has 0 saturated carbocycles. The first-order valence-electron chi connectivity index (χ1n) is 4.64. The van der Waals surface area contributed by atoms with E-state index in [0.29, 0.717) is 5.56 Å². The van der Waals surface area contributed by atoms with Crippen molar-refractivity contribution in [2.75, 3.05) is 0 Å². The van der Waals surface area contributed by atoms with Gasteiger partial charge in [0.2, 0.25) is 0 Å². The van der Waals surface area contributed by atoms with E-state index in [1.165, 1.54) is 18.7 Å². The molecule has 0 radical (unpaired) electrons. The summed E-state index contributed by atoms with van der Waals surface area (Å²) < 4.78 is 38.7. The van der Waals surface area contributed by atoms with Gasteiger partial charge in [0.05, 0.1) is 0 Å². The van der Waals surface area contributed by atoms with Crippen LogP contribution in [0.3, 0.4) is 0 Å². The fraction of sp³-hybridized carbons (Fsp3) is 0.222. The molecule has 8 heteroatoms. The van der Waals surface area contributed by atoms with Crippen molar-refractivity contribution in [1.82, 2.24) is 19.7 Å². The number of aromatic nitrogens is 4. The first-order chi connectivity index (χ1) is 8.02. The van der Waals surface area contributed by atoms with Gasteiger partial charge in [-0.3, -0.25) is 0 Å². The average molecular weight is 243 g/mol. The fourth-order valence-electron chi connectivity index (χ4n) is 1.31. The van der Waals surface area contributed by atoms with Crippen molar-refractivity contribution >= 4 is 0 Å². The normalized spacial score (nSPS) is 11.8. The Hall–Kier alpha value is -1.96. The van der Waals surface area contributed by atoms with Crippen molar-refractivity contribution in [3.05, 3.63) is 36.0 Å². The third kappa shape index (κ3) is 2.26. The van der Waals surface area contributed by atoms with Crippen molar-refractivity contribution in [1.29, 1.82) is 0 Å². The summed E-state index contributed by atoms with van der Waals surface area (Å²) in [5.41, 5.74) is 4.91.